The Kier molecular flexibility index (Phi) is 7.13. The Morgan fingerprint density at radius 1 is 1.13 bits per heavy atom. The van der Waals surface area contributed by atoms with E-state index in [9.17, 15) is 8.42 Å². The zero-order valence-electron chi connectivity index (χ0n) is 10.2. The minimum absolute atomic E-state index is 0.147. The average molecular weight is 236 g/mol. The van der Waals surface area contributed by atoms with Gasteiger partial charge in [0.1, 0.15) is 0 Å². The molecule has 0 aromatic carbocycles. The molecular formula is C10H24N2O2S. The van der Waals surface area contributed by atoms with E-state index in [0.717, 1.165) is 6.42 Å². The Hall–Kier alpha value is -0.130. The van der Waals surface area contributed by atoms with E-state index in [1.807, 2.05) is 0 Å². The second-order valence-corrected chi connectivity index (χ2v) is 6.11. The van der Waals surface area contributed by atoms with E-state index in [-0.39, 0.29) is 5.75 Å². The van der Waals surface area contributed by atoms with Gasteiger partial charge in [-0.2, -0.15) is 0 Å². The van der Waals surface area contributed by atoms with E-state index in [0.29, 0.717) is 25.0 Å². The molecule has 4 nitrogen and oxygen atoms in total. The molecule has 5 heteroatoms. The molecule has 0 saturated heterocycles. The highest BCUT2D eigenvalue weighted by molar-refractivity contribution is 7.89. The van der Waals surface area contributed by atoms with E-state index in [2.05, 4.69) is 30.8 Å². The summed E-state index contributed by atoms with van der Waals surface area (Å²) in [5, 5.41) is 3.34. The highest BCUT2D eigenvalue weighted by Gasteiger charge is 2.10. The molecule has 1 unspecified atom stereocenters. The van der Waals surface area contributed by atoms with E-state index in [1.54, 1.807) is 6.92 Å². The molecule has 0 aliphatic rings. The molecule has 0 radical (unpaired) electrons. The van der Waals surface area contributed by atoms with Crippen LogP contribution in [-0.2, 0) is 10.0 Å². The van der Waals surface area contributed by atoms with Gasteiger partial charge in [0, 0.05) is 19.1 Å². The Bertz CT molecular complexity index is 250. The monoisotopic (exact) mass is 236 g/mol. The van der Waals surface area contributed by atoms with Crippen molar-refractivity contribution in [2.75, 3.05) is 18.8 Å². The van der Waals surface area contributed by atoms with Gasteiger partial charge in [-0.1, -0.05) is 20.8 Å². The summed E-state index contributed by atoms with van der Waals surface area (Å²) in [6.45, 7) is 9.26. The van der Waals surface area contributed by atoms with E-state index in [1.165, 1.54) is 0 Å². The van der Waals surface area contributed by atoms with Gasteiger partial charge < -0.3 is 5.32 Å². The zero-order chi connectivity index (χ0) is 11.9. The van der Waals surface area contributed by atoms with Crippen LogP contribution in [0.4, 0.5) is 0 Å². The standard InChI is InChI=1S/C10H24N2O2S/c1-5-10(9(3)4)11-7-8-12-15(13,14)6-2/h9-12H,5-8H2,1-4H3. The lowest BCUT2D eigenvalue weighted by Crippen LogP contribution is -2.39. The first-order valence-electron chi connectivity index (χ1n) is 5.63. The largest absolute Gasteiger partial charge is 0.312 e. The topological polar surface area (TPSA) is 58.2 Å². The summed E-state index contributed by atoms with van der Waals surface area (Å²) in [5.41, 5.74) is 0. The normalized spacial score (nSPS) is 14.5. The van der Waals surface area contributed by atoms with Crippen molar-refractivity contribution in [2.24, 2.45) is 5.92 Å². The van der Waals surface area contributed by atoms with Gasteiger partial charge in [0.05, 0.1) is 5.75 Å². The van der Waals surface area contributed by atoms with Crippen LogP contribution in [0.15, 0.2) is 0 Å². The van der Waals surface area contributed by atoms with Crippen LogP contribution in [0, 0.1) is 5.92 Å². The first-order valence-corrected chi connectivity index (χ1v) is 7.28. The molecule has 0 fully saturated rings. The van der Waals surface area contributed by atoms with E-state index < -0.39 is 10.0 Å². The molecule has 0 amide bonds. The fourth-order valence-corrected chi connectivity index (χ4v) is 2.03. The highest BCUT2D eigenvalue weighted by Crippen LogP contribution is 2.04. The SMILES string of the molecule is CCC(NCCNS(=O)(=O)CC)C(C)C. The second kappa shape index (κ2) is 7.19. The van der Waals surface area contributed by atoms with Crippen molar-refractivity contribution in [3.63, 3.8) is 0 Å². The maximum absolute atomic E-state index is 11.1. The molecule has 0 aromatic heterocycles. The molecule has 0 rings (SSSR count). The summed E-state index contributed by atoms with van der Waals surface area (Å²) < 4.78 is 24.8. The second-order valence-electron chi connectivity index (χ2n) is 4.01. The van der Waals surface area contributed by atoms with Gasteiger partial charge in [0.2, 0.25) is 10.0 Å². The smallest absolute Gasteiger partial charge is 0.211 e. The van der Waals surface area contributed by atoms with Gasteiger partial charge in [-0.25, -0.2) is 13.1 Å². The third kappa shape index (κ3) is 6.87. The van der Waals surface area contributed by atoms with Crippen molar-refractivity contribution in [3.8, 4) is 0 Å². The molecule has 0 aliphatic carbocycles. The highest BCUT2D eigenvalue weighted by atomic mass is 32.2. The number of sulfonamides is 1. The summed E-state index contributed by atoms with van der Waals surface area (Å²) in [5.74, 6) is 0.728. The molecule has 92 valence electrons. The molecule has 0 aromatic rings. The van der Waals surface area contributed by atoms with Gasteiger partial charge >= 0.3 is 0 Å². The van der Waals surface area contributed by atoms with Crippen molar-refractivity contribution < 1.29 is 8.42 Å². The molecule has 0 aliphatic heterocycles. The molecule has 1 atom stereocenters. The van der Waals surface area contributed by atoms with Crippen LogP contribution in [0.25, 0.3) is 0 Å². The lowest BCUT2D eigenvalue weighted by molar-refractivity contribution is 0.391. The Morgan fingerprint density at radius 3 is 2.13 bits per heavy atom. The Labute approximate surface area is 93.9 Å². The number of hydrogen-bond acceptors (Lipinski definition) is 3. The summed E-state index contributed by atoms with van der Waals surface area (Å²) in [6.07, 6.45) is 1.07. The summed E-state index contributed by atoms with van der Waals surface area (Å²) in [6, 6.07) is 0.469. The van der Waals surface area contributed by atoms with Crippen LogP contribution in [0.1, 0.15) is 34.1 Å². The molecule has 0 bridgehead atoms. The van der Waals surface area contributed by atoms with Gasteiger partial charge in [0.25, 0.3) is 0 Å². The first kappa shape index (κ1) is 14.9. The molecule has 15 heavy (non-hydrogen) atoms. The first-order chi connectivity index (χ1) is 6.93. The van der Waals surface area contributed by atoms with Gasteiger partial charge in [-0.05, 0) is 19.3 Å². The maximum atomic E-state index is 11.1. The summed E-state index contributed by atoms with van der Waals surface area (Å²) >= 11 is 0. The predicted octanol–water partition coefficient (Wildman–Crippen LogP) is 0.950. The van der Waals surface area contributed by atoms with Crippen molar-refractivity contribution in [1.29, 1.82) is 0 Å². The molecule has 2 N–H and O–H groups in total. The van der Waals surface area contributed by atoms with Crippen molar-refractivity contribution >= 4 is 10.0 Å². The van der Waals surface area contributed by atoms with Crippen LogP contribution in [0.3, 0.4) is 0 Å². The number of nitrogens with one attached hydrogen (secondary N) is 2. The fraction of sp³-hybridized carbons (Fsp3) is 1.00. The van der Waals surface area contributed by atoms with Crippen LogP contribution in [-0.4, -0.2) is 33.3 Å². The Balaban J connectivity index is 3.71. The zero-order valence-corrected chi connectivity index (χ0v) is 11.0. The molecule has 0 saturated carbocycles. The quantitative estimate of drug-likeness (QED) is 0.617. The van der Waals surface area contributed by atoms with E-state index in [4.69, 9.17) is 0 Å². The summed E-state index contributed by atoms with van der Waals surface area (Å²) in [4.78, 5) is 0. The average Bonchev–Trinajstić information content (AvgIpc) is 2.17. The van der Waals surface area contributed by atoms with Gasteiger partial charge in [-0.3, -0.25) is 0 Å². The molecule has 0 heterocycles. The van der Waals surface area contributed by atoms with Crippen LogP contribution >= 0.6 is 0 Å². The Morgan fingerprint density at radius 2 is 1.73 bits per heavy atom. The van der Waals surface area contributed by atoms with Crippen LogP contribution in [0.2, 0.25) is 0 Å². The molecule has 0 spiro atoms. The minimum atomic E-state index is -3.03. The predicted molar refractivity (Wildman–Crippen MR) is 64.4 cm³/mol. The third-order valence-electron chi connectivity index (χ3n) is 2.48. The van der Waals surface area contributed by atoms with Crippen LogP contribution in [0.5, 0.6) is 0 Å². The summed E-state index contributed by atoms with van der Waals surface area (Å²) in [7, 11) is -3.03. The van der Waals surface area contributed by atoms with Crippen molar-refractivity contribution in [2.45, 2.75) is 40.2 Å². The van der Waals surface area contributed by atoms with Crippen LogP contribution < -0.4 is 10.0 Å². The van der Waals surface area contributed by atoms with Gasteiger partial charge in [0.15, 0.2) is 0 Å². The van der Waals surface area contributed by atoms with Crippen molar-refractivity contribution in [1.82, 2.24) is 10.0 Å². The number of hydrogen-bond donors (Lipinski definition) is 2. The third-order valence-corrected chi connectivity index (χ3v) is 3.88. The van der Waals surface area contributed by atoms with Crippen molar-refractivity contribution in [3.05, 3.63) is 0 Å². The molecular weight excluding hydrogens is 212 g/mol. The van der Waals surface area contributed by atoms with Gasteiger partial charge in [-0.15, -0.1) is 0 Å². The number of rotatable bonds is 8. The maximum Gasteiger partial charge on any atom is 0.211 e. The lowest BCUT2D eigenvalue weighted by atomic mass is 10.0. The van der Waals surface area contributed by atoms with E-state index >= 15 is 0 Å². The fourth-order valence-electron chi connectivity index (χ4n) is 1.42. The lowest BCUT2D eigenvalue weighted by Gasteiger charge is -2.20. The minimum Gasteiger partial charge on any atom is -0.312 e.